The van der Waals surface area contributed by atoms with Crippen molar-refractivity contribution >= 4 is 0 Å². The van der Waals surface area contributed by atoms with Gasteiger partial charge in [-0.3, -0.25) is 0 Å². The molecule has 0 aliphatic heterocycles. The van der Waals surface area contributed by atoms with Gasteiger partial charge in [-0.25, -0.2) is 0 Å². The predicted molar refractivity (Wildman–Crippen MR) is 59.1 cm³/mol. The molecule has 102 valence electrons. The van der Waals surface area contributed by atoms with Gasteiger partial charge in [-0.05, 0) is 17.7 Å². The summed E-state index contributed by atoms with van der Waals surface area (Å²) in [6, 6.07) is 4.33. The smallest absolute Gasteiger partial charge is 0.388 e. The van der Waals surface area contributed by atoms with E-state index in [4.69, 9.17) is 4.52 Å². The molecule has 0 radical (unpaired) electrons. The molecule has 0 aliphatic carbocycles. The van der Waals surface area contributed by atoms with E-state index in [0.717, 1.165) is 12.1 Å². The molecule has 1 N–H and O–H groups in total. The SMILES string of the molecule is Cc1nc(CC(O)c2ccc(C(F)(F)F)cc2)no1. The van der Waals surface area contributed by atoms with Crippen LogP contribution in [0.15, 0.2) is 28.8 Å². The number of rotatable bonds is 3. The van der Waals surface area contributed by atoms with Gasteiger partial charge in [0.2, 0.25) is 5.89 Å². The van der Waals surface area contributed by atoms with Crippen molar-refractivity contribution in [3.8, 4) is 0 Å². The molecule has 0 spiro atoms. The number of aryl methyl sites for hydroxylation is 1. The summed E-state index contributed by atoms with van der Waals surface area (Å²) in [4.78, 5) is 3.92. The molecule has 1 heterocycles. The summed E-state index contributed by atoms with van der Waals surface area (Å²) >= 11 is 0. The van der Waals surface area contributed by atoms with Gasteiger partial charge >= 0.3 is 6.18 Å². The Labute approximate surface area is 106 Å². The van der Waals surface area contributed by atoms with E-state index in [1.807, 2.05) is 0 Å². The third-order valence-electron chi connectivity index (χ3n) is 2.57. The molecule has 4 nitrogen and oxygen atoms in total. The fourth-order valence-corrected chi connectivity index (χ4v) is 1.61. The van der Waals surface area contributed by atoms with E-state index in [9.17, 15) is 18.3 Å². The summed E-state index contributed by atoms with van der Waals surface area (Å²) in [6.07, 6.45) is -5.27. The van der Waals surface area contributed by atoms with E-state index < -0.39 is 17.8 Å². The Morgan fingerprint density at radius 2 is 1.89 bits per heavy atom. The number of nitrogens with zero attached hydrogens (tertiary/aromatic N) is 2. The van der Waals surface area contributed by atoms with Crippen molar-refractivity contribution < 1.29 is 22.8 Å². The molecule has 2 aromatic rings. The molecule has 1 atom stereocenters. The third kappa shape index (κ3) is 3.31. The van der Waals surface area contributed by atoms with E-state index in [2.05, 4.69) is 10.1 Å². The van der Waals surface area contributed by atoms with Crippen LogP contribution in [-0.2, 0) is 12.6 Å². The lowest BCUT2D eigenvalue weighted by Crippen LogP contribution is -2.07. The first kappa shape index (κ1) is 13.5. The number of hydrogen-bond donors (Lipinski definition) is 1. The highest BCUT2D eigenvalue weighted by Gasteiger charge is 2.30. The first-order valence-electron chi connectivity index (χ1n) is 5.50. The maximum absolute atomic E-state index is 12.4. The topological polar surface area (TPSA) is 59.2 Å². The molecular formula is C12H11F3N2O2. The van der Waals surface area contributed by atoms with Crippen LogP contribution in [0.3, 0.4) is 0 Å². The molecule has 0 fully saturated rings. The van der Waals surface area contributed by atoms with Crippen LogP contribution < -0.4 is 0 Å². The van der Waals surface area contributed by atoms with Gasteiger partial charge in [0.05, 0.1) is 11.7 Å². The van der Waals surface area contributed by atoms with Crippen molar-refractivity contribution in [2.24, 2.45) is 0 Å². The second kappa shape index (κ2) is 5.00. The molecule has 7 heteroatoms. The molecule has 1 aromatic carbocycles. The Hall–Kier alpha value is -1.89. The van der Waals surface area contributed by atoms with E-state index in [1.54, 1.807) is 6.92 Å². The molecule has 0 saturated heterocycles. The van der Waals surface area contributed by atoms with Gasteiger partial charge in [0.15, 0.2) is 5.82 Å². The summed E-state index contributed by atoms with van der Waals surface area (Å²) in [5.74, 6) is 0.680. The van der Waals surface area contributed by atoms with Crippen molar-refractivity contribution in [3.63, 3.8) is 0 Å². The van der Waals surface area contributed by atoms with Crippen LogP contribution in [-0.4, -0.2) is 15.2 Å². The normalized spacial score (nSPS) is 13.5. The molecule has 0 amide bonds. The van der Waals surface area contributed by atoms with Gasteiger partial charge in [-0.2, -0.15) is 18.2 Å². The van der Waals surface area contributed by atoms with Crippen LogP contribution in [0, 0.1) is 6.92 Å². The molecule has 0 saturated carbocycles. The standard InChI is InChI=1S/C12H11F3N2O2/c1-7-16-11(17-19-7)6-10(18)8-2-4-9(5-3-8)12(13,14)15/h2-5,10,18H,6H2,1H3. The summed E-state index contributed by atoms with van der Waals surface area (Å²) in [5, 5.41) is 13.5. The van der Waals surface area contributed by atoms with E-state index in [-0.39, 0.29) is 6.42 Å². The van der Waals surface area contributed by atoms with Crippen LogP contribution in [0.2, 0.25) is 0 Å². The summed E-state index contributed by atoms with van der Waals surface area (Å²) < 4.78 is 41.9. The Kier molecular flexibility index (Phi) is 3.57. The Morgan fingerprint density at radius 3 is 2.37 bits per heavy atom. The highest BCUT2D eigenvalue weighted by Crippen LogP contribution is 2.30. The van der Waals surface area contributed by atoms with Gasteiger partial charge < -0.3 is 9.63 Å². The highest BCUT2D eigenvalue weighted by molar-refractivity contribution is 5.26. The van der Waals surface area contributed by atoms with E-state index in [1.165, 1.54) is 12.1 Å². The van der Waals surface area contributed by atoms with E-state index >= 15 is 0 Å². The number of aliphatic hydroxyl groups is 1. The maximum Gasteiger partial charge on any atom is 0.416 e. The van der Waals surface area contributed by atoms with Gasteiger partial charge in [-0.15, -0.1) is 0 Å². The molecule has 19 heavy (non-hydrogen) atoms. The van der Waals surface area contributed by atoms with Crippen molar-refractivity contribution in [2.75, 3.05) is 0 Å². The van der Waals surface area contributed by atoms with Crippen LogP contribution >= 0.6 is 0 Å². The second-order valence-electron chi connectivity index (χ2n) is 4.07. The Balaban J connectivity index is 2.09. The number of hydrogen-bond acceptors (Lipinski definition) is 4. The number of alkyl halides is 3. The monoisotopic (exact) mass is 272 g/mol. The zero-order valence-corrected chi connectivity index (χ0v) is 9.98. The van der Waals surface area contributed by atoms with Crippen LogP contribution in [0.25, 0.3) is 0 Å². The first-order valence-corrected chi connectivity index (χ1v) is 5.50. The first-order chi connectivity index (χ1) is 8.86. The van der Waals surface area contributed by atoms with Crippen molar-refractivity contribution in [1.29, 1.82) is 0 Å². The zero-order valence-electron chi connectivity index (χ0n) is 9.98. The number of aliphatic hydroxyl groups excluding tert-OH is 1. The van der Waals surface area contributed by atoms with Gasteiger partial charge in [0, 0.05) is 13.3 Å². The molecule has 1 aromatic heterocycles. The average molecular weight is 272 g/mol. The van der Waals surface area contributed by atoms with Gasteiger partial charge in [0.25, 0.3) is 0 Å². The lowest BCUT2D eigenvalue weighted by atomic mass is 10.0. The molecule has 1 unspecified atom stereocenters. The van der Waals surface area contributed by atoms with Gasteiger partial charge in [-0.1, -0.05) is 17.3 Å². The highest BCUT2D eigenvalue weighted by atomic mass is 19.4. The summed E-state index contributed by atoms with van der Waals surface area (Å²) in [7, 11) is 0. The quantitative estimate of drug-likeness (QED) is 0.933. The minimum absolute atomic E-state index is 0.0860. The largest absolute Gasteiger partial charge is 0.416 e. The number of benzene rings is 1. The fraction of sp³-hybridized carbons (Fsp3) is 0.333. The van der Waals surface area contributed by atoms with Crippen molar-refractivity contribution in [1.82, 2.24) is 10.1 Å². The predicted octanol–water partition coefficient (Wildman–Crippen LogP) is 2.67. The van der Waals surface area contributed by atoms with Crippen LogP contribution in [0.1, 0.15) is 28.9 Å². The molecular weight excluding hydrogens is 261 g/mol. The Bertz CT molecular complexity index is 549. The fourth-order valence-electron chi connectivity index (χ4n) is 1.61. The minimum atomic E-state index is -4.38. The summed E-state index contributed by atoms with van der Waals surface area (Å²) in [5.41, 5.74) is -0.380. The van der Waals surface area contributed by atoms with Crippen LogP contribution in [0.4, 0.5) is 13.2 Å². The molecule has 2 rings (SSSR count). The molecule has 0 bridgehead atoms. The number of halogens is 3. The zero-order chi connectivity index (χ0) is 14.0. The third-order valence-corrected chi connectivity index (χ3v) is 2.57. The second-order valence-corrected chi connectivity index (χ2v) is 4.07. The maximum atomic E-state index is 12.4. The lowest BCUT2D eigenvalue weighted by Gasteiger charge is -2.11. The molecule has 0 aliphatic rings. The van der Waals surface area contributed by atoms with Crippen molar-refractivity contribution in [2.45, 2.75) is 25.6 Å². The summed E-state index contributed by atoms with van der Waals surface area (Å²) in [6.45, 7) is 1.61. The average Bonchev–Trinajstić information content (AvgIpc) is 2.74. The van der Waals surface area contributed by atoms with Crippen molar-refractivity contribution in [3.05, 3.63) is 47.1 Å². The van der Waals surface area contributed by atoms with E-state index in [0.29, 0.717) is 17.3 Å². The lowest BCUT2D eigenvalue weighted by molar-refractivity contribution is -0.137. The Morgan fingerprint density at radius 1 is 1.26 bits per heavy atom. The number of aromatic nitrogens is 2. The minimum Gasteiger partial charge on any atom is -0.388 e. The van der Waals surface area contributed by atoms with Gasteiger partial charge in [0.1, 0.15) is 0 Å². The van der Waals surface area contributed by atoms with Crippen LogP contribution in [0.5, 0.6) is 0 Å².